The van der Waals surface area contributed by atoms with Crippen LogP contribution in [0.25, 0.3) is 10.9 Å². The van der Waals surface area contributed by atoms with E-state index in [9.17, 15) is 4.79 Å². The van der Waals surface area contributed by atoms with Crippen LogP contribution in [0, 0.1) is 6.92 Å². The lowest BCUT2D eigenvalue weighted by Crippen LogP contribution is -2.54. The molecule has 2 N–H and O–H groups in total. The topological polar surface area (TPSA) is 78.3 Å². The van der Waals surface area contributed by atoms with Gasteiger partial charge in [-0.1, -0.05) is 0 Å². The van der Waals surface area contributed by atoms with Crippen LogP contribution >= 0.6 is 0 Å². The quantitative estimate of drug-likeness (QED) is 0.668. The van der Waals surface area contributed by atoms with E-state index in [2.05, 4.69) is 45.5 Å². The summed E-state index contributed by atoms with van der Waals surface area (Å²) >= 11 is 0. The molecule has 2 aliphatic heterocycles. The highest BCUT2D eigenvalue weighted by molar-refractivity contribution is 6.04. The zero-order valence-corrected chi connectivity index (χ0v) is 18.5. The number of carbonyl (C=O) groups is 1. The number of urea groups is 1. The van der Waals surface area contributed by atoms with Crippen LogP contribution in [0.4, 0.5) is 22.0 Å². The Morgan fingerprint density at radius 2 is 2.00 bits per heavy atom. The Kier molecular flexibility index (Phi) is 4.81. The summed E-state index contributed by atoms with van der Waals surface area (Å²) in [6.07, 6.45) is 4.61. The predicted octanol–water partition coefficient (Wildman–Crippen LogP) is 3.06. The zero-order valence-electron chi connectivity index (χ0n) is 18.5. The van der Waals surface area contributed by atoms with Crippen LogP contribution in [0.2, 0.25) is 0 Å². The number of anilines is 3. The van der Waals surface area contributed by atoms with Crippen molar-refractivity contribution in [1.29, 1.82) is 0 Å². The number of nitrogens with one attached hydrogen (secondary N) is 2. The summed E-state index contributed by atoms with van der Waals surface area (Å²) in [5, 5.41) is 12.1. The molecule has 2 aromatic heterocycles. The number of benzene rings is 1. The lowest BCUT2D eigenvalue weighted by Gasteiger charge is -2.38. The minimum absolute atomic E-state index is 0.145. The summed E-state index contributed by atoms with van der Waals surface area (Å²) in [5.41, 5.74) is 5.14. The van der Waals surface area contributed by atoms with Gasteiger partial charge in [-0.2, -0.15) is 5.10 Å². The minimum atomic E-state index is -0.145. The molecule has 0 saturated carbocycles. The van der Waals surface area contributed by atoms with Crippen molar-refractivity contribution in [3.05, 3.63) is 41.7 Å². The monoisotopic (exact) mass is 419 g/mol. The van der Waals surface area contributed by atoms with Crippen molar-refractivity contribution in [2.75, 3.05) is 34.8 Å². The molecule has 0 radical (unpaired) electrons. The number of rotatable bonds is 2. The van der Waals surface area contributed by atoms with Crippen molar-refractivity contribution in [3.8, 4) is 0 Å². The van der Waals surface area contributed by atoms with Gasteiger partial charge < -0.3 is 15.5 Å². The number of pyridine rings is 1. The summed E-state index contributed by atoms with van der Waals surface area (Å²) in [5.74, 6) is 0.771. The van der Waals surface area contributed by atoms with Gasteiger partial charge in [-0.25, -0.2) is 9.78 Å². The Balaban J connectivity index is 1.39. The smallest absolute Gasteiger partial charge is 0.327 e. The van der Waals surface area contributed by atoms with Gasteiger partial charge in [-0.15, -0.1) is 0 Å². The third-order valence-electron chi connectivity index (χ3n) is 6.16. The van der Waals surface area contributed by atoms with Gasteiger partial charge in [0, 0.05) is 73.5 Å². The predicted molar refractivity (Wildman–Crippen MR) is 124 cm³/mol. The van der Waals surface area contributed by atoms with Crippen molar-refractivity contribution in [2.24, 2.45) is 7.05 Å². The van der Waals surface area contributed by atoms with Crippen LogP contribution in [0.15, 0.2) is 30.6 Å². The van der Waals surface area contributed by atoms with Crippen LogP contribution in [-0.4, -0.2) is 52.5 Å². The number of aromatic nitrogens is 3. The number of carbonyl (C=O) groups excluding carboxylic acids is 1. The first-order valence-electron chi connectivity index (χ1n) is 10.9. The van der Waals surface area contributed by atoms with Gasteiger partial charge in [0.05, 0.1) is 5.52 Å². The molecule has 8 heteroatoms. The first-order valence-corrected chi connectivity index (χ1v) is 10.9. The van der Waals surface area contributed by atoms with Crippen LogP contribution in [0.3, 0.4) is 0 Å². The lowest BCUT2D eigenvalue weighted by molar-refractivity contribution is 0.257. The molecular weight excluding hydrogens is 390 g/mol. The van der Waals surface area contributed by atoms with Gasteiger partial charge in [0.25, 0.3) is 0 Å². The molecule has 2 aliphatic rings. The molecule has 31 heavy (non-hydrogen) atoms. The van der Waals surface area contributed by atoms with E-state index in [4.69, 9.17) is 0 Å². The summed E-state index contributed by atoms with van der Waals surface area (Å²) < 4.78 is 1.79. The molecule has 5 rings (SSSR count). The van der Waals surface area contributed by atoms with Gasteiger partial charge in [0.15, 0.2) is 0 Å². The largest absolute Gasteiger partial charge is 0.368 e. The Hall–Kier alpha value is -3.13. The summed E-state index contributed by atoms with van der Waals surface area (Å²) in [4.78, 5) is 21.9. The first-order chi connectivity index (χ1) is 14.9. The SMILES string of the molecule is Cc1cc(NC(=O)N2CCc3c(N4CC(C)NC(C)C4)ccnc32)cc2cn(C)nc12. The number of hydrogen-bond acceptors (Lipinski definition) is 5. The second-order valence-corrected chi connectivity index (χ2v) is 8.87. The van der Waals surface area contributed by atoms with Crippen molar-refractivity contribution >= 4 is 34.1 Å². The molecule has 1 aromatic carbocycles. The highest BCUT2D eigenvalue weighted by Crippen LogP contribution is 2.35. The van der Waals surface area contributed by atoms with E-state index in [0.717, 1.165) is 53.0 Å². The molecule has 4 heterocycles. The van der Waals surface area contributed by atoms with Crippen LogP contribution in [0.5, 0.6) is 0 Å². The van der Waals surface area contributed by atoms with Crippen LogP contribution in [0.1, 0.15) is 25.0 Å². The van der Waals surface area contributed by atoms with Gasteiger partial charge in [0.1, 0.15) is 5.82 Å². The molecule has 162 valence electrons. The minimum Gasteiger partial charge on any atom is -0.368 e. The second-order valence-electron chi connectivity index (χ2n) is 8.87. The normalized spacial score (nSPS) is 20.9. The maximum atomic E-state index is 13.2. The molecule has 2 unspecified atom stereocenters. The number of aryl methyl sites for hydroxylation is 2. The number of fused-ring (bicyclic) bond motifs is 2. The average Bonchev–Trinajstić information content (AvgIpc) is 3.30. The Morgan fingerprint density at radius 3 is 2.77 bits per heavy atom. The molecule has 0 spiro atoms. The number of amides is 2. The fraction of sp³-hybridized carbons (Fsp3) is 0.435. The lowest BCUT2D eigenvalue weighted by atomic mass is 10.1. The van der Waals surface area contributed by atoms with Crippen molar-refractivity contribution in [2.45, 2.75) is 39.3 Å². The maximum absolute atomic E-state index is 13.2. The molecule has 0 aliphatic carbocycles. The highest BCUT2D eigenvalue weighted by Gasteiger charge is 2.31. The third kappa shape index (κ3) is 3.61. The van der Waals surface area contributed by atoms with E-state index in [0.29, 0.717) is 18.6 Å². The standard InChI is InChI=1S/C23H29N7O/c1-14-9-18(10-17-13-28(4)27-21(14)17)26-23(31)30-8-6-19-20(5-7-24-22(19)30)29-11-15(2)25-16(3)12-29/h5,7,9-10,13,15-16,25H,6,8,11-12H2,1-4H3,(H,26,31). The summed E-state index contributed by atoms with van der Waals surface area (Å²) in [6, 6.07) is 6.74. The van der Waals surface area contributed by atoms with Gasteiger partial charge >= 0.3 is 6.03 Å². The van der Waals surface area contributed by atoms with Crippen molar-refractivity contribution in [3.63, 3.8) is 0 Å². The van der Waals surface area contributed by atoms with Crippen LogP contribution < -0.4 is 20.4 Å². The van der Waals surface area contributed by atoms with Crippen molar-refractivity contribution in [1.82, 2.24) is 20.1 Å². The molecule has 3 aromatic rings. The van der Waals surface area contributed by atoms with Gasteiger partial charge in [-0.05, 0) is 51.0 Å². The highest BCUT2D eigenvalue weighted by atomic mass is 16.2. The average molecular weight is 420 g/mol. The van der Waals surface area contributed by atoms with E-state index in [1.165, 1.54) is 5.69 Å². The molecule has 8 nitrogen and oxygen atoms in total. The number of hydrogen-bond donors (Lipinski definition) is 2. The van der Waals surface area contributed by atoms with E-state index in [-0.39, 0.29) is 6.03 Å². The third-order valence-corrected chi connectivity index (χ3v) is 6.16. The van der Waals surface area contributed by atoms with E-state index < -0.39 is 0 Å². The summed E-state index contributed by atoms with van der Waals surface area (Å²) in [6.45, 7) is 8.99. The fourth-order valence-electron chi connectivity index (χ4n) is 4.98. The Labute approximate surface area is 182 Å². The molecular formula is C23H29N7O. The number of nitrogens with zero attached hydrogens (tertiary/aromatic N) is 5. The van der Waals surface area contributed by atoms with Crippen LogP contribution in [-0.2, 0) is 13.5 Å². The van der Waals surface area contributed by atoms with E-state index in [1.807, 2.05) is 38.5 Å². The second kappa shape index (κ2) is 7.53. The molecule has 2 atom stereocenters. The van der Waals surface area contributed by atoms with Gasteiger partial charge in [-0.3, -0.25) is 9.58 Å². The van der Waals surface area contributed by atoms with E-state index >= 15 is 0 Å². The fourth-order valence-corrected chi connectivity index (χ4v) is 4.98. The zero-order chi connectivity index (χ0) is 21.7. The van der Waals surface area contributed by atoms with Gasteiger partial charge in [0.2, 0.25) is 0 Å². The molecule has 0 bridgehead atoms. The Bertz CT molecular complexity index is 1140. The maximum Gasteiger partial charge on any atom is 0.327 e. The molecule has 2 amide bonds. The van der Waals surface area contributed by atoms with E-state index in [1.54, 1.807) is 9.58 Å². The molecule has 1 saturated heterocycles. The number of piperazine rings is 1. The van der Waals surface area contributed by atoms with Crippen molar-refractivity contribution < 1.29 is 4.79 Å². The first kappa shape index (κ1) is 19.8. The summed E-state index contributed by atoms with van der Waals surface area (Å²) in [7, 11) is 1.90. The Morgan fingerprint density at radius 1 is 1.23 bits per heavy atom. The molecule has 1 fully saturated rings.